The summed E-state index contributed by atoms with van der Waals surface area (Å²) in [7, 11) is 0. The smallest absolute Gasteiger partial charge is 0.295 e. The van der Waals surface area contributed by atoms with Crippen molar-refractivity contribution in [3.8, 4) is 0 Å². The van der Waals surface area contributed by atoms with Gasteiger partial charge >= 0.3 is 0 Å². The van der Waals surface area contributed by atoms with Crippen molar-refractivity contribution in [2.75, 3.05) is 31.1 Å². The SMILES string of the molecule is Cc1cc(N2CCC(C(=O)N3CCC(C)CC3)CC2)c2cccc([N+](=O)[O-])c2n1. The minimum absolute atomic E-state index is 0.0387. The van der Waals surface area contributed by atoms with Gasteiger partial charge in [0, 0.05) is 54.9 Å². The number of anilines is 1. The minimum atomic E-state index is -0.372. The van der Waals surface area contributed by atoms with Crippen LogP contribution in [0.5, 0.6) is 0 Å². The van der Waals surface area contributed by atoms with Crippen molar-refractivity contribution < 1.29 is 9.72 Å². The van der Waals surface area contributed by atoms with Gasteiger partial charge < -0.3 is 9.80 Å². The topological polar surface area (TPSA) is 79.6 Å². The fraction of sp³-hybridized carbons (Fsp3) is 0.545. The maximum atomic E-state index is 12.9. The largest absolute Gasteiger partial charge is 0.371 e. The fourth-order valence-electron chi connectivity index (χ4n) is 4.60. The second kappa shape index (κ2) is 7.97. The number of pyridine rings is 1. The maximum Gasteiger partial charge on any atom is 0.295 e. The van der Waals surface area contributed by atoms with Crippen molar-refractivity contribution in [3.63, 3.8) is 0 Å². The summed E-state index contributed by atoms with van der Waals surface area (Å²) in [5.41, 5.74) is 2.22. The molecule has 7 nitrogen and oxygen atoms in total. The third kappa shape index (κ3) is 3.91. The zero-order valence-electron chi connectivity index (χ0n) is 17.1. The van der Waals surface area contributed by atoms with Crippen LogP contribution in [0.1, 0.15) is 38.3 Å². The van der Waals surface area contributed by atoms with E-state index < -0.39 is 0 Å². The van der Waals surface area contributed by atoms with Gasteiger partial charge in [0.15, 0.2) is 5.52 Å². The van der Waals surface area contributed by atoms with E-state index in [9.17, 15) is 14.9 Å². The van der Waals surface area contributed by atoms with Gasteiger partial charge in [0.2, 0.25) is 5.91 Å². The number of nitrogens with zero attached hydrogens (tertiary/aromatic N) is 4. The normalized spacial score (nSPS) is 19.0. The molecule has 0 saturated carbocycles. The molecule has 1 amide bonds. The zero-order valence-corrected chi connectivity index (χ0v) is 17.1. The van der Waals surface area contributed by atoms with Crippen LogP contribution in [0.3, 0.4) is 0 Å². The average molecular weight is 396 g/mol. The number of nitro groups is 1. The number of carbonyl (C=O) groups is 1. The van der Waals surface area contributed by atoms with Crippen molar-refractivity contribution in [1.29, 1.82) is 0 Å². The molecule has 0 N–H and O–H groups in total. The quantitative estimate of drug-likeness (QED) is 0.580. The number of piperidine rings is 2. The van der Waals surface area contributed by atoms with E-state index >= 15 is 0 Å². The monoisotopic (exact) mass is 396 g/mol. The molecular weight excluding hydrogens is 368 g/mol. The lowest BCUT2D eigenvalue weighted by Gasteiger charge is -2.37. The Kier molecular flexibility index (Phi) is 5.39. The van der Waals surface area contributed by atoms with E-state index in [0.717, 1.165) is 68.6 Å². The minimum Gasteiger partial charge on any atom is -0.371 e. The van der Waals surface area contributed by atoms with Gasteiger partial charge in [-0.1, -0.05) is 19.1 Å². The summed E-state index contributed by atoms with van der Waals surface area (Å²) in [5.74, 6) is 1.11. The Hall–Kier alpha value is -2.70. The van der Waals surface area contributed by atoms with Crippen LogP contribution in [0.25, 0.3) is 10.9 Å². The highest BCUT2D eigenvalue weighted by atomic mass is 16.6. The van der Waals surface area contributed by atoms with Crippen LogP contribution in [0, 0.1) is 28.9 Å². The molecule has 154 valence electrons. The highest BCUT2D eigenvalue weighted by molar-refractivity contribution is 5.97. The summed E-state index contributed by atoms with van der Waals surface area (Å²) < 4.78 is 0. The molecule has 0 unspecified atom stereocenters. The van der Waals surface area contributed by atoms with Crippen LogP contribution >= 0.6 is 0 Å². The predicted molar refractivity (Wildman–Crippen MR) is 113 cm³/mol. The van der Waals surface area contributed by atoms with Gasteiger partial charge in [0.25, 0.3) is 5.69 Å². The Morgan fingerprint density at radius 1 is 1.14 bits per heavy atom. The molecule has 2 aliphatic heterocycles. The number of aromatic nitrogens is 1. The highest BCUT2D eigenvalue weighted by Crippen LogP contribution is 2.34. The first-order chi connectivity index (χ1) is 13.9. The summed E-state index contributed by atoms with van der Waals surface area (Å²) >= 11 is 0. The second-order valence-corrected chi connectivity index (χ2v) is 8.48. The van der Waals surface area contributed by atoms with Gasteiger partial charge in [0.1, 0.15) is 0 Å². The predicted octanol–water partition coefficient (Wildman–Crippen LogP) is 3.93. The molecule has 0 atom stereocenters. The van der Waals surface area contributed by atoms with Gasteiger partial charge in [-0.25, -0.2) is 4.98 Å². The molecule has 7 heteroatoms. The Labute approximate surface area is 170 Å². The molecule has 1 aromatic carbocycles. The van der Waals surface area contributed by atoms with Crippen LogP contribution in [0.4, 0.5) is 11.4 Å². The van der Waals surface area contributed by atoms with Crippen LogP contribution < -0.4 is 4.90 Å². The highest BCUT2D eigenvalue weighted by Gasteiger charge is 2.31. The van der Waals surface area contributed by atoms with Crippen molar-refractivity contribution in [1.82, 2.24) is 9.88 Å². The molecule has 0 bridgehead atoms. The van der Waals surface area contributed by atoms with Crippen molar-refractivity contribution in [3.05, 3.63) is 40.1 Å². The molecule has 2 saturated heterocycles. The molecular formula is C22H28N4O3. The van der Waals surface area contributed by atoms with Crippen LogP contribution in [-0.4, -0.2) is 46.9 Å². The van der Waals surface area contributed by atoms with E-state index in [0.29, 0.717) is 17.3 Å². The number of fused-ring (bicyclic) bond motifs is 1. The molecule has 4 rings (SSSR count). The van der Waals surface area contributed by atoms with Crippen LogP contribution in [0.15, 0.2) is 24.3 Å². The number of non-ortho nitro benzene ring substituents is 1. The van der Waals surface area contributed by atoms with E-state index in [1.807, 2.05) is 19.1 Å². The second-order valence-electron chi connectivity index (χ2n) is 8.48. The zero-order chi connectivity index (χ0) is 20.5. The van der Waals surface area contributed by atoms with Crippen molar-refractivity contribution >= 4 is 28.2 Å². The first kappa shape index (κ1) is 19.6. The average Bonchev–Trinajstić information content (AvgIpc) is 2.73. The third-order valence-corrected chi connectivity index (χ3v) is 6.40. The van der Waals surface area contributed by atoms with Crippen LogP contribution in [0.2, 0.25) is 0 Å². The molecule has 0 spiro atoms. The number of amides is 1. The van der Waals surface area contributed by atoms with Crippen molar-refractivity contribution in [2.45, 2.75) is 39.5 Å². The molecule has 29 heavy (non-hydrogen) atoms. The van der Waals surface area contributed by atoms with Crippen molar-refractivity contribution in [2.24, 2.45) is 11.8 Å². The third-order valence-electron chi connectivity index (χ3n) is 6.40. The number of aryl methyl sites for hydroxylation is 1. The number of carbonyl (C=O) groups excluding carboxylic acids is 1. The summed E-state index contributed by atoms with van der Waals surface area (Å²) in [6, 6.07) is 7.12. The molecule has 2 aromatic rings. The first-order valence-electron chi connectivity index (χ1n) is 10.5. The summed E-state index contributed by atoms with van der Waals surface area (Å²) in [6.07, 6.45) is 3.85. The number of nitro benzene ring substituents is 1. The fourth-order valence-corrected chi connectivity index (χ4v) is 4.60. The van der Waals surface area contributed by atoms with Crippen LogP contribution in [-0.2, 0) is 4.79 Å². The molecule has 2 fully saturated rings. The van der Waals surface area contributed by atoms with E-state index in [1.165, 1.54) is 6.07 Å². The Morgan fingerprint density at radius 2 is 1.83 bits per heavy atom. The van der Waals surface area contributed by atoms with Gasteiger partial charge in [-0.05, 0) is 44.6 Å². The molecule has 0 radical (unpaired) electrons. The Morgan fingerprint density at radius 3 is 2.48 bits per heavy atom. The van der Waals surface area contributed by atoms with Gasteiger partial charge in [-0.15, -0.1) is 0 Å². The Balaban J connectivity index is 1.51. The standard InChI is InChI=1S/C22H28N4O3/c1-15-6-10-25(11-7-15)22(27)17-8-12-24(13-9-17)20-14-16(2)23-21-18(20)4-3-5-19(21)26(28)29/h3-5,14-15,17H,6-13H2,1-2H3. The van der Waals surface area contributed by atoms with Gasteiger partial charge in [-0.3, -0.25) is 14.9 Å². The summed E-state index contributed by atoms with van der Waals surface area (Å²) in [5, 5.41) is 12.2. The lowest BCUT2D eigenvalue weighted by Crippen LogP contribution is -2.45. The van der Waals surface area contributed by atoms with E-state index in [4.69, 9.17) is 0 Å². The van der Waals surface area contributed by atoms with Gasteiger partial charge in [-0.2, -0.15) is 0 Å². The molecule has 0 aliphatic carbocycles. The summed E-state index contributed by atoms with van der Waals surface area (Å²) in [4.78, 5) is 32.7. The van der Waals surface area contributed by atoms with Gasteiger partial charge in [0.05, 0.1) is 4.92 Å². The van der Waals surface area contributed by atoms with E-state index in [2.05, 4.69) is 21.7 Å². The molecule has 2 aliphatic rings. The summed E-state index contributed by atoms with van der Waals surface area (Å²) in [6.45, 7) is 7.46. The number of hydrogen-bond donors (Lipinski definition) is 0. The van der Waals surface area contributed by atoms with E-state index in [-0.39, 0.29) is 16.5 Å². The first-order valence-corrected chi connectivity index (χ1v) is 10.5. The lowest BCUT2D eigenvalue weighted by molar-refractivity contribution is -0.383. The Bertz CT molecular complexity index is 929. The number of benzene rings is 1. The molecule has 3 heterocycles. The number of rotatable bonds is 3. The number of likely N-dealkylation sites (tertiary alicyclic amines) is 1. The maximum absolute atomic E-state index is 12.9. The lowest BCUT2D eigenvalue weighted by atomic mass is 9.92. The molecule has 1 aromatic heterocycles. The number of para-hydroxylation sites is 1. The number of hydrogen-bond acceptors (Lipinski definition) is 5. The van der Waals surface area contributed by atoms with E-state index in [1.54, 1.807) is 6.07 Å².